The molecule has 0 radical (unpaired) electrons. The van der Waals surface area contributed by atoms with Crippen molar-refractivity contribution in [1.29, 1.82) is 0 Å². The van der Waals surface area contributed by atoms with Crippen molar-refractivity contribution in [2.45, 2.75) is 19.6 Å². The molecule has 0 spiro atoms. The number of hydrogen-bond acceptors (Lipinski definition) is 5. The molecule has 10 heteroatoms. The van der Waals surface area contributed by atoms with Crippen LogP contribution in [-0.4, -0.2) is 51.8 Å². The van der Waals surface area contributed by atoms with Crippen molar-refractivity contribution in [3.63, 3.8) is 0 Å². The normalized spacial score (nSPS) is 14.8. The van der Waals surface area contributed by atoms with Gasteiger partial charge in [0.05, 0.1) is 16.6 Å². The van der Waals surface area contributed by atoms with E-state index in [4.69, 9.17) is 0 Å². The zero-order chi connectivity index (χ0) is 22.2. The summed E-state index contributed by atoms with van der Waals surface area (Å²) in [5.74, 6) is 0.201. The number of aromatic nitrogens is 3. The fraction of sp³-hybridized carbons (Fsp3) is 0.333. The second-order valence-corrected chi connectivity index (χ2v) is 7.36. The van der Waals surface area contributed by atoms with Gasteiger partial charge in [-0.05, 0) is 25.1 Å². The van der Waals surface area contributed by atoms with Crippen LogP contribution in [0, 0.1) is 6.92 Å². The van der Waals surface area contributed by atoms with Crippen LogP contribution in [0.2, 0.25) is 0 Å². The molecule has 1 aliphatic heterocycles. The van der Waals surface area contributed by atoms with Gasteiger partial charge in [-0.25, -0.2) is 9.67 Å². The SMILES string of the molecule is Cc1nn(CC(=O)N2CCN(c3ccc(C(F)(F)F)cn3)CC2)c(=O)c2ccccc12. The Morgan fingerprint density at radius 3 is 2.32 bits per heavy atom. The number of hydrogen-bond donors (Lipinski definition) is 0. The molecule has 31 heavy (non-hydrogen) atoms. The first-order chi connectivity index (χ1) is 14.7. The first-order valence-electron chi connectivity index (χ1n) is 9.76. The van der Waals surface area contributed by atoms with E-state index < -0.39 is 11.7 Å². The van der Waals surface area contributed by atoms with E-state index in [-0.39, 0.29) is 18.0 Å². The maximum atomic E-state index is 12.7. The summed E-state index contributed by atoms with van der Waals surface area (Å²) in [7, 11) is 0. The molecule has 162 valence electrons. The topological polar surface area (TPSA) is 71.3 Å². The van der Waals surface area contributed by atoms with Gasteiger partial charge in [-0.2, -0.15) is 18.3 Å². The number of benzene rings is 1. The molecule has 1 fully saturated rings. The zero-order valence-corrected chi connectivity index (χ0v) is 16.8. The number of rotatable bonds is 3. The fourth-order valence-electron chi connectivity index (χ4n) is 3.67. The largest absolute Gasteiger partial charge is 0.417 e. The van der Waals surface area contributed by atoms with Crippen molar-refractivity contribution < 1.29 is 18.0 Å². The number of piperazine rings is 1. The Balaban J connectivity index is 1.42. The Kier molecular flexibility index (Phi) is 5.38. The van der Waals surface area contributed by atoms with Crippen molar-refractivity contribution in [1.82, 2.24) is 19.7 Å². The minimum atomic E-state index is -4.43. The maximum absolute atomic E-state index is 12.7. The maximum Gasteiger partial charge on any atom is 0.417 e. The third kappa shape index (κ3) is 4.23. The van der Waals surface area contributed by atoms with Crippen molar-refractivity contribution >= 4 is 22.5 Å². The average Bonchev–Trinajstić information content (AvgIpc) is 2.77. The van der Waals surface area contributed by atoms with Crippen molar-refractivity contribution in [3.05, 3.63) is 64.2 Å². The molecule has 7 nitrogen and oxygen atoms in total. The molecule has 0 bridgehead atoms. The van der Waals surface area contributed by atoms with Crippen LogP contribution in [0.1, 0.15) is 11.3 Å². The number of fused-ring (bicyclic) bond motifs is 1. The molecule has 1 saturated heterocycles. The molecular formula is C21H20F3N5O2. The Bertz CT molecular complexity index is 1170. The summed E-state index contributed by atoms with van der Waals surface area (Å²) in [5.41, 5.74) is -0.447. The minimum absolute atomic E-state index is 0.164. The average molecular weight is 431 g/mol. The summed E-state index contributed by atoms with van der Waals surface area (Å²) in [6, 6.07) is 9.46. The molecule has 1 amide bonds. The van der Waals surface area contributed by atoms with Crippen molar-refractivity contribution in [2.24, 2.45) is 0 Å². The van der Waals surface area contributed by atoms with E-state index in [1.54, 1.807) is 24.0 Å². The molecule has 2 aromatic heterocycles. The number of anilines is 1. The van der Waals surface area contributed by atoms with Crippen LogP contribution in [0.25, 0.3) is 10.8 Å². The molecule has 0 unspecified atom stereocenters. The number of aryl methyl sites for hydroxylation is 1. The summed E-state index contributed by atoms with van der Waals surface area (Å²) in [5, 5.41) is 5.54. The number of halogens is 3. The van der Waals surface area contributed by atoms with Gasteiger partial charge in [0, 0.05) is 37.8 Å². The minimum Gasteiger partial charge on any atom is -0.353 e. The number of carbonyl (C=O) groups is 1. The molecule has 3 heterocycles. The van der Waals surface area contributed by atoms with E-state index in [0.29, 0.717) is 43.1 Å². The quantitative estimate of drug-likeness (QED) is 0.637. The second kappa shape index (κ2) is 8.01. The number of carbonyl (C=O) groups excluding carboxylic acids is 1. The van der Waals surface area contributed by atoms with Crippen LogP contribution >= 0.6 is 0 Å². The van der Waals surface area contributed by atoms with Crippen LogP contribution in [0.4, 0.5) is 19.0 Å². The number of pyridine rings is 1. The molecule has 1 aliphatic rings. The second-order valence-electron chi connectivity index (χ2n) is 7.36. The van der Waals surface area contributed by atoms with Crippen LogP contribution in [0.3, 0.4) is 0 Å². The standard InChI is InChI=1S/C21H20F3N5O2/c1-14-16-4-2-3-5-17(16)20(31)29(26-14)13-19(30)28-10-8-27(9-11-28)18-7-6-15(12-25-18)21(22,23)24/h2-7,12H,8-11,13H2,1H3. The molecule has 0 saturated carbocycles. The van der Waals surface area contributed by atoms with Crippen molar-refractivity contribution in [3.8, 4) is 0 Å². The first kappa shape index (κ1) is 20.8. The Labute approximate surface area is 175 Å². The van der Waals surface area contributed by atoms with E-state index in [2.05, 4.69) is 10.1 Å². The third-order valence-electron chi connectivity index (χ3n) is 5.37. The smallest absolute Gasteiger partial charge is 0.353 e. The number of nitrogens with zero attached hydrogens (tertiary/aromatic N) is 5. The summed E-state index contributed by atoms with van der Waals surface area (Å²) in [6.07, 6.45) is -3.61. The summed E-state index contributed by atoms with van der Waals surface area (Å²) in [4.78, 5) is 32.8. The predicted molar refractivity (Wildman–Crippen MR) is 109 cm³/mol. The molecular weight excluding hydrogens is 411 g/mol. The Morgan fingerprint density at radius 1 is 1.03 bits per heavy atom. The van der Waals surface area contributed by atoms with Gasteiger partial charge in [0.2, 0.25) is 5.91 Å². The lowest BCUT2D eigenvalue weighted by Crippen LogP contribution is -2.50. The highest BCUT2D eigenvalue weighted by atomic mass is 19.4. The van der Waals surface area contributed by atoms with E-state index >= 15 is 0 Å². The number of alkyl halides is 3. The van der Waals surface area contributed by atoms with E-state index in [0.717, 1.165) is 17.6 Å². The lowest BCUT2D eigenvalue weighted by Gasteiger charge is -2.35. The van der Waals surface area contributed by atoms with Crippen LogP contribution in [0.5, 0.6) is 0 Å². The Morgan fingerprint density at radius 2 is 1.71 bits per heavy atom. The van der Waals surface area contributed by atoms with Gasteiger partial charge in [-0.1, -0.05) is 18.2 Å². The van der Waals surface area contributed by atoms with Gasteiger partial charge >= 0.3 is 6.18 Å². The molecule has 0 atom stereocenters. The number of amides is 1. The Hall–Kier alpha value is -3.43. The lowest BCUT2D eigenvalue weighted by molar-refractivity contribution is -0.138. The van der Waals surface area contributed by atoms with E-state index in [1.165, 1.54) is 10.7 Å². The highest BCUT2D eigenvalue weighted by Gasteiger charge is 2.31. The van der Waals surface area contributed by atoms with E-state index in [9.17, 15) is 22.8 Å². The highest BCUT2D eigenvalue weighted by Crippen LogP contribution is 2.29. The molecule has 0 N–H and O–H groups in total. The molecule has 4 rings (SSSR count). The van der Waals surface area contributed by atoms with Gasteiger partial charge < -0.3 is 9.80 Å². The van der Waals surface area contributed by atoms with Gasteiger partial charge in [-0.3, -0.25) is 9.59 Å². The van der Waals surface area contributed by atoms with Gasteiger partial charge in [0.15, 0.2) is 0 Å². The molecule has 3 aromatic rings. The monoisotopic (exact) mass is 431 g/mol. The predicted octanol–water partition coefficient (Wildman–Crippen LogP) is 2.47. The van der Waals surface area contributed by atoms with Crippen LogP contribution in [0.15, 0.2) is 47.4 Å². The summed E-state index contributed by atoms with van der Waals surface area (Å²) >= 11 is 0. The summed E-state index contributed by atoms with van der Waals surface area (Å²) in [6.45, 7) is 3.25. The van der Waals surface area contributed by atoms with Crippen LogP contribution in [-0.2, 0) is 17.5 Å². The van der Waals surface area contributed by atoms with Crippen LogP contribution < -0.4 is 10.5 Å². The van der Waals surface area contributed by atoms with Gasteiger partial charge in [0.1, 0.15) is 12.4 Å². The van der Waals surface area contributed by atoms with Gasteiger partial charge in [0.25, 0.3) is 5.56 Å². The zero-order valence-electron chi connectivity index (χ0n) is 16.8. The van der Waals surface area contributed by atoms with Gasteiger partial charge in [-0.15, -0.1) is 0 Å². The van der Waals surface area contributed by atoms with E-state index in [1.807, 2.05) is 17.0 Å². The summed E-state index contributed by atoms with van der Waals surface area (Å²) < 4.78 is 39.3. The molecule has 0 aliphatic carbocycles. The van der Waals surface area contributed by atoms with Crippen molar-refractivity contribution in [2.75, 3.05) is 31.1 Å². The third-order valence-corrected chi connectivity index (χ3v) is 5.37. The lowest BCUT2D eigenvalue weighted by atomic mass is 10.1. The highest BCUT2D eigenvalue weighted by molar-refractivity contribution is 5.83. The molecule has 1 aromatic carbocycles. The fourth-order valence-corrected chi connectivity index (χ4v) is 3.67. The first-order valence-corrected chi connectivity index (χ1v) is 9.76.